The highest BCUT2D eigenvalue weighted by atomic mass is 16.5. The third-order valence-corrected chi connectivity index (χ3v) is 3.74. The highest BCUT2D eigenvalue weighted by molar-refractivity contribution is 5.39. The first kappa shape index (κ1) is 12.5. The molecule has 1 atom stereocenters. The molecule has 2 rings (SSSR count). The fraction of sp³-hybridized carbons (Fsp3) is 0.625. The van der Waals surface area contributed by atoms with Crippen LogP contribution in [0, 0.1) is 0 Å². The molecule has 0 saturated heterocycles. The van der Waals surface area contributed by atoms with Gasteiger partial charge in [0.05, 0.1) is 6.61 Å². The van der Waals surface area contributed by atoms with Crippen molar-refractivity contribution < 1.29 is 4.74 Å². The fourth-order valence-electron chi connectivity index (χ4n) is 2.52. The van der Waals surface area contributed by atoms with Crippen LogP contribution in [0.3, 0.4) is 0 Å². The van der Waals surface area contributed by atoms with Gasteiger partial charge in [-0.3, -0.25) is 0 Å². The summed E-state index contributed by atoms with van der Waals surface area (Å²) in [5.74, 6) is 1.80. The summed E-state index contributed by atoms with van der Waals surface area (Å²) < 4.78 is 5.76. The molecule has 17 heavy (non-hydrogen) atoms. The molecule has 1 aromatic rings. The minimum Gasteiger partial charge on any atom is -0.493 e. The van der Waals surface area contributed by atoms with Crippen LogP contribution in [-0.4, -0.2) is 6.61 Å². The number of aryl methyl sites for hydroxylation is 1. The number of benzene rings is 1. The normalized spacial score (nSPS) is 16.8. The van der Waals surface area contributed by atoms with E-state index in [1.165, 1.54) is 49.7 Å². The Morgan fingerprint density at radius 2 is 2.18 bits per heavy atom. The molecule has 94 valence electrons. The molecular weight excluding hydrogens is 208 g/mol. The molecule has 0 fully saturated rings. The quantitative estimate of drug-likeness (QED) is 0.731. The van der Waals surface area contributed by atoms with Crippen LogP contribution in [0.15, 0.2) is 18.2 Å². The minimum atomic E-state index is 0.684. The van der Waals surface area contributed by atoms with Crippen LogP contribution in [0.2, 0.25) is 0 Å². The van der Waals surface area contributed by atoms with Crippen LogP contribution in [0.25, 0.3) is 0 Å². The van der Waals surface area contributed by atoms with Crippen molar-refractivity contribution in [1.82, 2.24) is 0 Å². The second-order valence-corrected chi connectivity index (χ2v) is 5.22. The molecule has 1 aliphatic heterocycles. The lowest BCUT2D eigenvalue weighted by Crippen LogP contribution is -1.98. The van der Waals surface area contributed by atoms with Gasteiger partial charge in [-0.2, -0.15) is 0 Å². The zero-order valence-electron chi connectivity index (χ0n) is 11.2. The van der Waals surface area contributed by atoms with Crippen LogP contribution < -0.4 is 4.74 Å². The molecule has 1 unspecified atom stereocenters. The van der Waals surface area contributed by atoms with Crippen molar-refractivity contribution in [3.63, 3.8) is 0 Å². The summed E-state index contributed by atoms with van der Waals surface area (Å²) in [6.07, 6.45) is 7.56. The molecule has 0 spiro atoms. The monoisotopic (exact) mass is 232 g/mol. The van der Waals surface area contributed by atoms with E-state index in [4.69, 9.17) is 4.74 Å². The van der Waals surface area contributed by atoms with Gasteiger partial charge in [0, 0.05) is 0 Å². The summed E-state index contributed by atoms with van der Waals surface area (Å²) in [7, 11) is 0. The molecule has 1 heterocycles. The number of hydrogen-bond donors (Lipinski definition) is 0. The maximum absolute atomic E-state index is 5.76. The van der Waals surface area contributed by atoms with E-state index >= 15 is 0 Å². The lowest BCUT2D eigenvalue weighted by atomic mass is 9.93. The number of ether oxygens (including phenoxy) is 1. The molecule has 1 nitrogen and oxygen atoms in total. The summed E-state index contributed by atoms with van der Waals surface area (Å²) in [5.41, 5.74) is 2.91. The molecule has 0 N–H and O–H groups in total. The second kappa shape index (κ2) is 6.09. The minimum absolute atomic E-state index is 0.684. The third-order valence-electron chi connectivity index (χ3n) is 3.74. The van der Waals surface area contributed by atoms with Gasteiger partial charge in [-0.05, 0) is 48.8 Å². The Balaban J connectivity index is 2.11. The first-order valence-corrected chi connectivity index (χ1v) is 7.07. The zero-order chi connectivity index (χ0) is 12.1. The van der Waals surface area contributed by atoms with Gasteiger partial charge in [-0.15, -0.1) is 0 Å². The Kier molecular flexibility index (Phi) is 4.47. The Labute approximate surface area is 105 Å². The topological polar surface area (TPSA) is 9.23 Å². The summed E-state index contributed by atoms with van der Waals surface area (Å²) in [4.78, 5) is 0. The third kappa shape index (κ3) is 3.24. The van der Waals surface area contributed by atoms with E-state index in [-0.39, 0.29) is 0 Å². The first-order chi connectivity index (χ1) is 8.31. The molecular formula is C16H24O. The maximum atomic E-state index is 5.76. The molecule has 0 radical (unpaired) electrons. The predicted octanol–water partition coefficient (Wildman–Crippen LogP) is 4.70. The van der Waals surface area contributed by atoms with Crippen molar-refractivity contribution in [3.8, 4) is 5.75 Å². The maximum Gasteiger partial charge on any atom is 0.122 e. The van der Waals surface area contributed by atoms with Crippen LogP contribution in [0.1, 0.15) is 63.0 Å². The molecule has 1 aliphatic rings. The average Bonchev–Trinajstić information content (AvgIpc) is 2.60. The van der Waals surface area contributed by atoms with Gasteiger partial charge in [0.15, 0.2) is 0 Å². The van der Waals surface area contributed by atoms with Gasteiger partial charge < -0.3 is 4.74 Å². The molecule has 0 aromatic heterocycles. The summed E-state index contributed by atoms with van der Waals surface area (Å²) in [5, 5.41) is 0. The summed E-state index contributed by atoms with van der Waals surface area (Å²) >= 11 is 0. The highest BCUT2D eigenvalue weighted by Crippen LogP contribution is 2.29. The zero-order valence-corrected chi connectivity index (χ0v) is 11.2. The largest absolute Gasteiger partial charge is 0.493 e. The van der Waals surface area contributed by atoms with Crippen molar-refractivity contribution in [1.29, 1.82) is 0 Å². The molecule has 1 aromatic carbocycles. The molecule has 0 amide bonds. The second-order valence-electron chi connectivity index (χ2n) is 5.22. The van der Waals surface area contributed by atoms with Crippen molar-refractivity contribution in [2.24, 2.45) is 0 Å². The van der Waals surface area contributed by atoms with Gasteiger partial charge in [0.25, 0.3) is 0 Å². The lowest BCUT2D eigenvalue weighted by Gasteiger charge is -2.14. The van der Waals surface area contributed by atoms with Crippen molar-refractivity contribution in [2.75, 3.05) is 6.61 Å². The number of unbranched alkanes of at least 4 members (excludes halogenated alkanes) is 1. The van der Waals surface area contributed by atoms with Crippen LogP contribution in [0.5, 0.6) is 5.75 Å². The molecule has 0 bridgehead atoms. The average molecular weight is 232 g/mol. The smallest absolute Gasteiger partial charge is 0.122 e. The molecule has 0 aliphatic carbocycles. The summed E-state index contributed by atoms with van der Waals surface area (Å²) in [6.45, 7) is 5.49. The Hall–Kier alpha value is -0.980. The number of hydrogen-bond acceptors (Lipinski definition) is 1. The highest BCUT2D eigenvalue weighted by Gasteiger charge is 2.12. The predicted molar refractivity (Wildman–Crippen MR) is 72.8 cm³/mol. The van der Waals surface area contributed by atoms with Crippen LogP contribution in [-0.2, 0) is 6.42 Å². The summed E-state index contributed by atoms with van der Waals surface area (Å²) in [6, 6.07) is 6.81. The van der Waals surface area contributed by atoms with Crippen LogP contribution in [0.4, 0.5) is 0 Å². The fourth-order valence-corrected chi connectivity index (χ4v) is 2.52. The van der Waals surface area contributed by atoms with Gasteiger partial charge in [-0.1, -0.05) is 38.8 Å². The van der Waals surface area contributed by atoms with Crippen molar-refractivity contribution in [2.45, 2.75) is 58.3 Å². The van der Waals surface area contributed by atoms with E-state index < -0.39 is 0 Å². The van der Waals surface area contributed by atoms with E-state index in [2.05, 4.69) is 32.0 Å². The van der Waals surface area contributed by atoms with Crippen LogP contribution >= 0.6 is 0 Å². The van der Waals surface area contributed by atoms with E-state index in [0.717, 1.165) is 12.4 Å². The Morgan fingerprint density at radius 1 is 1.29 bits per heavy atom. The van der Waals surface area contributed by atoms with Crippen molar-refractivity contribution >= 4 is 0 Å². The van der Waals surface area contributed by atoms with Crippen molar-refractivity contribution in [3.05, 3.63) is 29.3 Å². The number of fused-ring (bicyclic) bond motifs is 1. The standard InChI is InChI=1S/C16H24O/c1-3-4-7-13(2)14-9-10-16-15(12-14)8-5-6-11-17-16/h9-10,12-13H,3-8,11H2,1-2H3. The van der Waals surface area contributed by atoms with E-state index in [9.17, 15) is 0 Å². The lowest BCUT2D eigenvalue weighted by molar-refractivity contribution is 0.317. The van der Waals surface area contributed by atoms with E-state index in [1.807, 2.05) is 0 Å². The first-order valence-electron chi connectivity index (χ1n) is 7.07. The molecule has 0 saturated carbocycles. The Bertz CT molecular complexity index is 357. The Morgan fingerprint density at radius 3 is 3.00 bits per heavy atom. The van der Waals surface area contributed by atoms with Gasteiger partial charge in [0.1, 0.15) is 5.75 Å². The van der Waals surface area contributed by atoms with Gasteiger partial charge in [0.2, 0.25) is 0 Å². The van der Waals surface area contributed by atoms with Gasteiger partial charge in [-0.25, -0.2) is 0 Å². The number of rotatable bonds is 4. The SMILES string of the molecule is CCCCC(C)c1ccc2c(c1)CCCCO2. The van der Waals surface area contributed by atoms with E-state index in [0.29, 0.717) is 5.92 Å². The van der Waals surface area contributed by atoms with Gasteiger partial charge >= 0.3 is 0 Å². The van der Waals surface area contributed by atoms with E-state index in [1.54, 1.807) is 0 Å². The molecule has 1 heteroatoms.